The van der Waals surface area contributed by atoms with Crippen molar-refractivity contribution in [3.05, 3.63) is 17.0 Å². The average Bonchev–Trinajstić information content (AvgIpc) is 2.17. The van der Waals surface area contributed by atoms with Gasteiger partial charge in [0.1, 0.15) is 5.76 Å². The van der Waals surface area contributed by atoms with E-state index >= 15 is 0 Å². The molecule has 0 fully saturated rings. The van der Waals surface area contributed by atoms with E-state index in [1.165, 1.54) is 0 Å². The Balaban J connectivity index is 2.61. The summed E-state index contributed by atoms with van der Waals surface area (Å²) in [6, 6.07) is 1.71. The Labute approximate surface area is 66.3 Å². The van der Waals surface area contributed by atoms with E-state index in [-0.39, 0.29) is 0 Å². The van der Waals surface area contributed by atoms with Gasteiger partial charge in [-0.05, 0) is 0 Å². The number of hydrogen-bond donors (Lipinski definition) is 0. The number of alkyl halides is 1. The van der Waals surface area contributed by atoms with Crippen LogP contribution in [0.5, 0.6) is 0 Å². The Morgan fingerprint density at radius 1 is 1.78 bits per heavy atom. The maximum absolute atomic E-state index is 5.48. The number of nitrogens with zero attached hydrogens (tertiary/aromatic N) is 1. The van der Waals surface area contributed by atoms with Crippen molar-refractivity contribution in [3.63, 3.8) is 0 Å². The summed E-state index contributed by atoms with van der Waals surface area (Å²) in [5, 5.41) is 4.80. The number of rotatable bonds is 2. The first kappa shape index (κ1) is 7.09. The predicted molar refractivity (Wildman–Crippen MR) is 39.0 cm³/mol. The van der Waals surface area contributed by atoms with Gasteiger partial charge in [0.2, 0.25) is 0 Å². The highest BCUT2D eigenvalue weighted by atomic mass is 79.9. The normalized spacial score (nSPS) is 10.0. The van der Waals surface area contributed by atoms with E-state index < -0.39 is 0 Å². The Bertz CT molecular complexity index is 189. The van der Waals surface area contributed by atoms with Crippen LogP contribution in [-0.2, 0) is 6.42 Å². The number of aryl methyl sites for hydroxylation is 1. The lowest BCUT2D eigenvalue weighted by Gasteiger charge is -1.82. The van der Waals surface area contributed by atoms with Crippen molar-refractivity contribution in [1.29, 1.82) is 0 Å². The molecule has 0 spiro atoms. The van der Waals surface area contributed by atoms with Crippen LogP contribution in [0.2, 0.25) is 5.15 Å². The van der Waals surface area contributed by atoms with Gasteiger partial charge in [-0.15, -0.1) is 0 Å². The van der Waals surface area contributed by atoms with Gasteiger partial charge in [-0.25, -0.2) is 0 Å². The molecule has 0 amide bonds. The summed E-state index contributed by atoms with van der Waals surface area (Å²) < 4.78 is 4.79. The first-order valence-corrected chi connectivity index (χ1v) is 4.00. The highest BCUT2D eigenvalue weighted by molar-refractivity contribution is 9.09. The van der Waals surface area contributed by atoms with Crippen LogP contribution in [-0.4, -0.2) is 10.5 Å². The lowest BCUT2D eigenvalue weighted by atomic mass is 10.4. The zero-order chi connectivity index (χ0) is 6.69. The van der Waals surface area contributed by atoms with Crippen molar-refractivity contribution in [2.75, 3.05) is 5.33 Å². The third kappa shape index (κ3) is 1.99. The van der Waals surface area contributed by atoms with E-state index in [1.54, 1.807) is 6.07 Å². The quantitative estimate of drug-likeness (QED) is 0.700. The molecule has 0 bridgehead atoms. The number of hydrogen-bond acceptors (Lipinski definition) is 2. The van der Waals surface area contributed by atoms with E-state index in [4.69, 9.17) is 16.1 Å². The first-order valence-electron chi connectivity index (χ1n) is 2.50. The minimum atomic E-state index is 0.422. The maximum atomic E-state index is 5.48. The van der Waals surface area contributed by atoms with Gasteiger partial charge in [0.05, 0.1) is 0 Å². The Morgan fingerprint density at radius 3 is 3.00 bits per heavy atom. The summed E-state index contributed by atoms with van der Waals surface area (Å²) in [5.41, 5.74) is 0. The van der Waals surface area contributed by atoms with E-state index in [1.807, 2.05) is 0 Å². The molecule has 0 atom stereocenters. The van der Waals surface area contributed by atoms with Crippen molar-refractivity contribution in [2.24, 2.45) is 0 Å². The molecule has 0 aliphatic heterocycles. The van der Waals surface area contributed by atoms with Crippen LogP contribution in [0.3, 0.4) is 0 Å². The summed E-state index contributed by atoms with van der Waals surface area (Å²) in [6.07, 6.45) is 0.833. The lowest BCUT2D eigenvalue weighted by Crippen LogP contribution is -1.78. The van der Waals surface area contributed by atoms with Crippen molar-refractivity contribution >= 4 is 27.5 Å². The summed E-state index contributed by atoms with van der Waals surface area (Å²) >= 11 is 8.74. The molecule has 0 saturated heterocycles. The third-order valence-corrected chi connectivity index (χ3v) is 1.45. The third-order valence-electron chi connectivity index (χ3n) is 0.871. The van der Waals surface area contributed by atoms with Crippen molar-refractivity contribution in [2.45, 2.75) is 6.42 Å². The molecule has 50 valence electrons. The second-order valence-electron chi connectivity index (χ2n) is 1.55. The lowest BCUT2D eigenvalue weighted by molar-refractivity contribution is 0.388. The smallest absolute Gasteiger partial charge is 0.172 e. The van der Waals surface area contributed by atoms with Crippen molar-refractivity contribution in [1.82, 2.24) is 5.16 Å². The molecule has 0 saturated carbocycles. The molecule has 0 aromatic carbocycles. The number of halogens is 2. The molecule has 4 heteroatoms. The maximum Gasteiger partial charge on any atom is 0.172 e. The fourth-order valence-electron chi connectivity index (χ4n) is 0.499. The summed E-state index contributed by atoms with van der Waals surface area (Å²) in [6.45, 7) is 0. The summed E-state index contributed by atoms with van der Waals surface area (Å²) in [4.78, 5) is 0. The van der Waals surface area contributed by atoms with Crippen LogP contribution >= 0.6 is 27.5 Å². The minimum Gasteiger partial charge on any atom is -0.360 e. The summed E-state index contributed by atoms with van der Waals surface area (Å²) in [7, 11) is 0. The van der Waals surface area contributed by atoms with Gasteiger partial charge in [-0.3, -0.25) is 0 Å². The molecule has 0 aliphatic carbocycles. The van der Waals surface area contributed by atoms with Crippen molar-refractivity contribution < 1.29 is 4.52 Å². The predicted octanol–water partition coefficient (Wildman–Crippen LogP) is 2.27. The molecule has 1 aromatic rings. The molecule has 9 heavy (non-hydrogen) atoms. The zero-order valence-corrected chi connectivity index (χ0v) is 6.94. The zero-order valence-electron chi connectivity index (χ0n) is 4.60. The van der Waals surface area contributed by atoms with Gasteiger partial charge in [-0.2, -0.15) is 0 Å². The van der Waals surface area contributed by atoms with Crippen LogP contribution in [0.1, 0.15) is 5.76 Å². The van der Waals surface area contributed by atoms with E-state index in [2.05, 4.69) is 21.1 Å². The van der Waals surface area contributed by atoms with E-state index in [9.17, 15) is 0 Å². The highest BCUT2D eigenvalue weighted by Crippen LogP contribution is 2.09. The Morgan fingerprint density at radius 2 is 2.56 bits per heavy atom. The molecule has 2 nitrogen and oxygen atoms in total. The van der Waals surface area contributed by atoms with Crippen LogP contribution < -0.4 is 0 Å². The van der Waals surface area contributed by atoms with Gasteiger partial charge in [0.25, 0.3) is 0 Å². The molecule has 0 unspecified atom stereocenters. The fraction of sp³-hybridized carbons (Fsp3) is 0.400. The standard InChI is InChI=1S/C5H5BrClNO/c6-2-1-4-3-5(7)8-9-4/h3H,1-2H2. The van der Waals surface area contributed by atoms with E-state index in [0.717, 1.165) is 17.5 Å². The van der Waals surface area contributed by atoms with Crippen LogP contribution in [0.15, 0.2) is 10.6 Å². The van der Waals surface area contributed by atoms with E-state index in [0.29, 0.717) is 5.15 Å². The number of aromatic nitrogens is 1. The summed E-state index contributed by atoms with van der Waals surface area (Å²) in [5.74, 6) is 0.817. The second kappa shape index (κ2) is 3.22. The Hall–Kier alpha value is -0.0200. The van der Waals surface area contributed by atoms with Gasteiger partial charge in [0, 0.05) is 17.8 Å². The molecular weight excluding hydrogens is 205 g/mol. The van der Waals surface area contributed by atoms with Gasteiger partial charge >= 0.3 is 0 Å². The molecule has 0 aliphatic rings. The SMILES string of the molecule is Clc1cc(CCBr)on1. The average molecular weight is 210 g/mol. The fourth-order valence-corrected chi connectivity index (χ4v) is 1.05. The van der Waals surface area contributed by atoms with Crippen LogP contribution in [0, 0.1) is 0 Å². The molecular formula is C5H5BrClNO. The van der Waals surface area contributed by atoms with Crippen LogP contribution in [0.4, 0.5) is 0 Å². The minimum absolute atomic E-state index is 0.422. The van der Waals surface area contributed by atoms with Gasteiger partial charge in [-0.1, -0.05) is 32.7 Å². The molecule has 1 aromatic heterocycles. The molecule has 0 radical (unpaired) electrons. The van der Waals surface area contributed by atoms with Gasteiger partial charge in [0.15, 0.2) is 5.15 Å². The molecule has 1 rings (SSSR count). The molecule has 1 heterocycles. The van der Waals surface area contributed by atoms with Crippen molar-refractivity contribution in [3.8, 4) is 0 Å². The molecule has 0 N–H and O–H groups in total. The van der Waals surface area contributed by atoms with Crippen LogP contribution in [0.25, 0.3) is 0 Å². The largest absolute Gasteiger partial charge is 0.360 e. The van der Waals surface area contributed by atoms with Gasteiger partial charge < -0.3 is 4.52 Å². The second-order valence-corrected chi connectivity index (χ2v) is 2.74. The highest BCUT2D eigenvalue weighted by Gasteiger charge is 1.98. The Kier molecular flexibility index (Phi) is 2.54. The topological polar surface area (TPSA) is 26.0 Å². The monoisotopic (exact) mass is 209 g/mol. The first-order chi connectivity index (χ1) is 4.33.